The van der Waals surface area contributed by atoms with E-state index < -0.39 is 4.92 Å². The van der Waals surface area contributed by atoms with E-state index >= 15 is 0 Å². The Hall–Kier alpha value is -4.08. The number of aromatic nitrogens is 4. The zero-order chi connectivity index (χ0) is 19.0. The van der Waals surface area contributed by atoms with E-state index in [1.165, 1.54) is 6.21 Å². The molecule has 10 heteroatoms. The fourth-order valence-corrected chi connectivity index (χ4v) is 2.76. The molecule has 1 N–H and O–H groups in total. The quantitative estimate of drug-likeness (QED) is 0.333. The zero-order valence-corrected chi connectivity index (χ0v) is 14.0. The van der Waals surface area contributed by atoms with E-state index in [2.05, 4.69) is 25.7 Å². The Morgan fingerprint density at radius 3 is 2.85 bits per heavy atom. The summed E-state index contributed by atoms with van der Waals surface area (Å²) in [5.41, 5.74) is 4.76. The lowest BCUT2D eigenvalue weighted by Gasteiger charge is -2.08. The molecule has 2 aromatic carbocycles. The first-order chi connectivity index (χ1) is 13.0. The van der Waals surface area contributed by atoms with Gasteiger partial charge in [-0.2, -0.15) is 10.1 Å². The SMILES string of the molecule is Cn1c2ccccc2c2nnc(N/N=C\c3cc([N+](=O)[O-])ccc3[O-])nc21. The zero-order valence-electron chi connectivity index (χ0n) is 14.0. The summed E-state index contributed by atoms with van der Waals surface area (Å²) >= 11 is 0. The molecule has 0 aliphatic heterocycles. The van der Waals surface area contributed by atoms with E-state index in [0.717, 1.165) is 29.1 Å². The van der Waals surface area contributed by atoms with Gasteiger partial charge in [0.05, 0.1) is 16.7 Å². The Morgan fingerprint density at radius 1 is 1.22 bits per heavy atom. The second-order valence-electron chi connectivity index (χ2n) is 5.73. The van der Waals surface area contributed by atoms with Crippen LogP contribution in [0.15, 0.2) is 47.6 Å². The highest BCUT2D eigenvalue weighted by Gasteiger charge is 2.11. The number of hydrazone groups is 1. The van der Waals surface area contributed by atoms with Gasteiger partial charge in [-0.15, -0.1) is 10.2 Å². The highest BCUT2D eigenvalue weighted by molar-refractivity contribution is 6.04. The van der Waals surface area contributed by atoms with Crippen molar-refractivity contribution < 1.29 is 10.0 Å². The van der Waals surface area contributed by atoms with Crippen molar-refractivity contribution in [3.05, 3.63) is 58.1 Å². The Labute approximate surface area is 151 Å². The van der Waals surface area contributed by atoms with Gasteiger partial charge in [-0.3, -0.25) is 10.1 Å². The molecule has 0 saturated heterocycles. The third kappa shape index (κ3) is 2.88. The van der Waals surface area contributed by atoms with E-state index in [4.69, 9.17) is 0 Å². The molecule has 10 nitrogen and oxygen atoms in total. The van der Waals surface area contributed by atoms with Crippen molar-refractivity contribution in [1.82, 2.24) is 19.7 Å². The standard InChI is InChI=1S/C17H13N7O3/c1-23-13-5-3-2-4-12(13)15-16(23)19-17(22-20-15)21-18-9-10-8-11(24(26)27)6-7-14(10)25/h2-9,25H,1H3,(H,19,21,22)/p-1/b18-9-. The Bertz CT molecular complexity index is 1220. The van der Waals surface area contributed by atoms with Gasteiger partial charge in [0, 0.05) is 24.6 Å². The highest BCUT2D eigenvalue weighted by Crippen LogP contribution is 2.25. The van der Waals surface area contributed by atoms with Gasteiger partial charge in [-0.05, 0) is 11.6 Å². The number of anilines is 1. The summed E-state index contributed by atoms with van der Waals surface area (Å²) in [6.07, 6.45) is 1.18. The number of nitro groups is 1. The van der Waals surface area contributed by atoms with E-state index in [9.17, 15) is 15.2 Å². The molecule has 0 fully saturated rings. The average Bonchev–Trinajstić information content (AvgIpc) is 2.95. The molecule has 27 heavy (non-hydrogen) atoms. The van der Waals surface area contributed by atoms with Gasteiger partial charge >= 0.3 is 0 Å². The molecule has 2 heterocycles. The molecule has 0 unspecified atom stereocenters. The first-order valence-corrected chi connectivity index (χ1v) is 7.87. The Morgan fingerprint density at radius 2 is 2.04 bits per heavy atom. The number of aryl methyl sites for hydroxylation is 1. The third-order valence-electron chi connectivity index (χ3n) is 4.08. The lowest BCUT2D eigenvalue weighted by Crippen LogP contribution is -2.02. The summed E-state index contributed by atoms with van der Waals surface area (Å²) in [4.78, 5) is 14.6. The molecule has 4 rings (SSSR count). The molecule has 0 aliphatic rings. The van der Waals surface area contributed by atoms with Gasteiger partial charge in [0.2, 0.25) is 0 Å². The van der Waals surface area contributed by atoms with Crippen molar-refractivity contribution in [2.75, 3.05) is 5.43 Å². The predicted molar refractivity (Wildman–Crippen MR) is 97.6 cm³/mol. The van der Waals surface area contributed by atoms with Crippen LogP contribution in [0, 0.1) is 10.1 Å². The molecule has 4 aromatic rings. The van der Waals surface area contributed by atoms with Gasteiger partial charge in [-0.25, -0.2) is 5.43 Å². The van der Waals surface area contributed by atoms with Crippen LogP contribution >= 0.6 is 0 Å². The molecule has 134 valence electrons. The van der Waals surface area contributed by atoms with Crippen LogP contribution in [0.25, 0.3) is 22.1 Å². The smallest absolute Gasteiger partial charge is 0.270 e. The number of benzene rings is 2. The predicted octanol–water partition coefficient (Wildman–Crippen LogP) is 1.94. The third-order valence-corrected chi connectivity index (χ3v) is 4.08. The molecular formula is C17H12N7O3-. The fourth-order valence-electron chi connectivity index (χ4n) is 2.76. The minimum absolute atomic E-state index is 0.0790. The minimum Gasteiger partial charge on any atom is -0.872 e. The average molecular weight is 362 g/mol. The van der Waals surface area contributed by atoms with E-state index in [0.29, 0.717) is 11.2 Å². The summed E-state index contributed by atoms with van der Waals surface area (Å²) in [7, 11) is 1.87. The second-order valence-corrected chi connectivity index (χ2v) is 5.73. The Kier molecular flexibility index (Phi) is 3.84. The Balaban J connectivity index is 1.64. The first-order valence-electron chi connectivity index (χ1n) is 7.87. The van der Waals surface area contributed by atoms with Crippen LogP contribution in [0.5, 0.6) is 5.75 Å². The number of hydrogen-bond acceptors (Lipinski definition) is 8. The fraction of sp³-hybridized carbons (Fsp3) is 0.0588. The van der Waals surface area contributed by atoms with Crippen LogP contribution in [0.2, 0.25) is 0 Å². The van der Waals surface area contributed by atoms with Crippen LogP contribution in [-0.4, -0.2) is 30.9 Å². The number of nitrogens with one attached hydrogen (secondary N) is 1. The molecule has 2 aromatic heterocycles. The molecule has 0 bridgehead atoms. The molecule has 0 radical (unpaired) electrons. The van der Waals surface area contributed by atoms with Crippen LogP contribution in [0.4, 0.5) is 11.6 Å². The van der Waals surface area contributed by atoms with E-state index in [-0.39, 0.29) is 22.9 Å². The van der Waals surface area contributed by atoms with Crippen LogP contribution < -0.4 is 10.5 Å². The number of rotatable bonds is 4. The van der Waals surface area contributed by atoms with Gasteiger partial charge in [0.15, 0.2) is 5.65 Å². The summed E-state index contributed by atoms with van der Waals surface area (Å²) in [5, 5.41) is 35.6. The molecule has 0 atom stereocenters. The summed E-state index contributed by atoms with van der Waals surface area (Å²) in [6.45, 7) is 0. The molecule has 0 aliphatic carbocycles. The maximum absolute atomic E-state index is 11.8. The van der Waals surface area contributed by atoms with E-state index in [1.807, 2.05) is 35.9 Å². The van der Waals surface area contributed by atoms with Crippen molar-refractivity contribution in [2.45, 2.75) is 0 Å². The second kappa shape index (κ2) is 6.33. The normalized spacial score (nSPS) is 11.4. The monoisotopic (exact) mass is 362 g/mol. The summed E-state index contributed by atoms with van der Waals surface area (Å²) in [5.74, 6) is -0.239. The van der Waals surface area contributed by atoms with Crippen LogP contribution in [0.1, 0.15) is 5.56 Å². The van der Waals surface area contributed by atoms with Crippen LogP contribution in [-0.2, 0) is 7.05 Å². The number of para-hydroxylation sites is 1. The van der Waals surface area contributed by atoms with Gasteiger partial charge < -0.3 is 9.67 Å². The van der Waals surface area contributed by atoms with Crippen molar-refractivity contribution in [3.63, 3.8) is 0 Å². The van der Waals surface area contributed by atoms with Crippen molar-refractivity contribution in [2.24, 2.45) is 12.1 Å². The lowest BCUT2D eigenvalue weighted by molar-refractivity contribution is -0.385. The maximum Gasteiger partial charge on any atom is 0.270 e. The van der Waals surface area contributed by atoms with Crippen LogP contribution in [0.3, 0.4) is 0 Å². The number of fused-ring (bicyclic) bond motifs is 3. The topological polar surface area (TPSA) is 134 Å². The van der Waals surface area contributed by atoms with Gasteiger partial charge in [0.1, 0.15) is 5.52 Å². The van der Waals surface area contributed by atoms with Gasteiger partial charge in [-0.1, -0.05) is 30.0 Å². The number of hydrogen-bond donors (Lipinski definition) is 1. The minimum atomic E-state index is -0.578. The molecular weight excluding hydrogens is 350 g/mol. The summed E-state index contributed by atoms with van der Waals surface area (Å²) in [6, 6.07) is 11.2. The molecule has 0 amide bonds. The maximum atomic E-state index is 11.8. The number of non-ortho nitro benzene ring substituents is 1. The van der Waals surface area contributed by atoms with Crippen molar-refractivity contribution in [3.8, 4) is 5.75 Å². The first kappa shape index (κ1) is 16.4. The highest BCUT2D eigenvalue weighted by atomic mass is 16.6. The largest absolute Gasteiger partial charge is 0.872 e. The molecule has 0 saturated carbocycles. The number of nitro benzene ring substituents is 1. The van der Waals surface area contributed by atoms with Crippen molar-refractivity contribution in [1.29, 1.82) is 0 Å². The number of nitrogens with zero attached hydrogens (tertiary/aromatic N) is 6. The van der Waals surface area contributed by atoms with E-state index in [1.54, 1.807) is 0 Å². The summed E-state index contributed by atoms with van der Waals surface area (Å²) < 4.78 is 1.89. The van der Waals surface area contributed by atoms with Gasteiger partial charge in [0.25, 0.3) is 11.6 Å². The van der Waals surface area contributed by atoms with Crippen molar-refractivity contribution >= 4 is 39.9 Å². The lowest BCUT2D eigenvalue weighted by atomic mass is 10.2. The molecule has 0 spiro atoms.